The third-order valence-electron chi connectivity index (χ3n) is 2.08. The number of rotatable bonds is 7. The number of carbonyl (C=O) groups excluding carboxylic acids is 1. The van der Waals surface area contributed by atoms with Gasteiger partial charge in [0.15, 0.2) is 5.89 Å². The van der Waals surface area contributed by atoms with Crippen molar-refractivity contribution in [1.82, 2.24) is 10.3 Å². The quantitative estimate of drug-likeness (QED) is 0.466. The fraction of sp³-hybridized carbons (Fsp3) is 0.636. The van der Waals surface area contributed by atoms with Crippen LogP contribution in [-0.4, -0.2) is 24.2 Å². The van der Waals surface area contributed by atoms with E-state index in [4.69, 9.17) is 9.15 Å². The number of nitrogens with zero attached hydrogens (tertiary/aromatic N) is 1. The summed E-state index contributed by atoms with van der Waals surface area (Å²) in [5.41, 5.74) is 0.922. The molecule has 1 N–H and O–H groups in total. The summed E-state index contributed by atoms with van der Waals surface area (Å²) in [4.78, 5) is 15.4. The smallest absolute Gasteiger partial charge is 0.407 e. The molecule has 5 nitrogen and oxygen atoms in total. The summed E-state index contributed by atoms with van der Waals surface area (Å²) >= 11 is 2.22. The number of unbranched alkanes of at least 4 members (excludes halogenated alkanes) is 1. The number of hydrogen-bond donors (Lipinski definition) is 1. The predicted molar refractivity (Wildman–Crippen MR) is 72.2 cm³/mol. The molecule has 0 aliphatic heterocycles. The van der Waals surface area contributed by atoms with Crippen LogP contribution in [0.1, 0.15) is 31.4 Å². The molecule has 0 spiro atoms. The molecule has 0 fully saturated rings. The van der Waals surface area contributed by atoms with Crippen LogP contribution in [0.25, 0.3) is 0 Å². The monoisotopic (exact) mass is 352 g/mol. The van der Waals surface area contributed by atoms with Gasteiger partial charge >= 0.3 is 6.09 Å². The summed E-state index contributed by atoms with van der Waals surface area (Å²) in [7, 11) is 0. The second-order valence-corrected chi connectivity index (χ2v) is 4.30. The molecule has 0 saturated heterocycles. The Morgan fingerprint density at radius 1 is 1.65 bits per heavy atom. The van der Waals surface area contributed by atoms with Crippen molar-refractivity contribution in [2.45, 2.75) is 30.6 Å². The van der Waals surface area contributed by atoms with E-state index in [1.54, 1.807) is 6.26 Å². The highest BCUT2D eigenvalue weighted by Gasteiger charge is 2.04. The first kappa shape index (κ1) is 14.3. The molecular formula is C11H17IN2O3. The third-order valence-corrected chi connectivity index (χ3v) is 2.86. The van der Waals surface area contributed by atoms with E-state index in [0.29, 0.717) is 25.5 Å². The lowest BCUT2D eigenvalue weighted by Gasteiger charge is -2.04. The molecule has 1 heterocycles. The number of hydrogen-bond acceptors (Lipinski definition) is 4. The zero-order valence-electron chi connectivity index (χ0n) is 9.87. The van der Waals surface area contributed by atoms with Gasteiger partial charge in [0.05, 0.1) is 12.3 Å². The fourth-order valence-corrected chi connectivity index (χ4v) is 1.51. The molecular weight excluding hydrogens is 335 g/mol. The highest BCUT2D eigenvalue weighted by molar-refractivity contribution is 14.1. The molecule has 1 aromatic heterocycles. The summed E-state index contributed by atoms with van der Waals surface area (Å²) < 4.78 is 11.0. The van der Waals surface area contributed by atoms with Crippen molar-refractivity contribution in [2.24, 2.45) is 0 Å². The molecule has 0 aliphatic rings. The highest BCUT2D eigenvalue weighted by atomic mass is 127. The Hall–Kier alpha value is -0.790. The summed E-state index contributed by atoms with van der Waals surface area (Å²) in [5, 5.41) is 2.65. The summed E-state index contributed by atoms with van der Waals surface area (Å²) in [6.07, 6.45) is 3.76. The minimum absolute atomic E-state index is 0.376. The average molecular weight is 352 g/mol. The minimum Gasteiger partial charge on any atom is -0.450 e. The highest BCUT2D eigenvalue weighted by Crippen LogP contribution is 2.06. The van der Waals surface area contributed by atoms with Gasteiger partial charge in [-0.25, -0.2) is 9.78 Å². The lowest BCUT2D eigenvalue weighted by atomic mass is 10.4. The van der Waals surface area contributed by atoms with Gasteiger partial charge in [0.2, 0.25) is 0 Å². The number of nitrogens with one attached hydrogen (secondary N) is 1. The van der Waals surface area contributed by atoms with E-state index in [2.05, 4.69) is 39.8 Å². The molecule has 17 heavy (non-hydrogen) atoms. The first-order valence-electron chi connectivity index (χ1n) is 5.66. The predicted octanol–water partition coefficient (Wildman–Crippen LogP) is 2.68. The second-order valence-electron chi connectivity index (χ2n) is 3.53. The van der Waals surface area contributed by atoms with Crippen LogP contribution in [0.2, 0.25) is 0 Å². The van der Waals surface area contributed by atoms with E-state index in [1.807, 2.05) is 0 Å². The fourth-order valence-electron chi connectivity index (χ4n) is 1.16. The first-order valence-corrected chi connectivity index (χ1v) is 7.18. The van der Waals surface area contributed by atoms with Crippen molar-refractivity contribution in [1.29, 1.82) is 0 Å². The largest absolute Gasteiger partial charge is 0.450 e. The van der Waals surface area contributed by atoms with Crippen LogP contribution >= 0.6 is 22.6 Å². The standard InChI is InChI=1S/C11H17IN2O3/c1-2-3-6-16-11(15)13-5-4-10-14-9(7-12)8-17-10/h8H,2-7H2,1H3,(H,13,15). The van der Waals surface area contributed by atoms with Gasteiger partial charge < -0.3 is 14.5 Å². The van der Waals surface area contributed by atoms with Crippen LogP contribution in [0, 0.1) is 0 Å². The summed E-state index contributed by atoms with van der Waals surface area (Å²) in [5.74, 6) is 0.644. The Bertz CT molecular complexity index is 341. The number of alkyl halides is 1. The second kappa shape index (κ2) is 8.32. The van der Waals surface area contributed by atoms with E-state index in [-0.39, 0.29) is 6.09 Å². The topological polar surface area (TPSA) is 64.4 Å². The summed E-state index contributed by atoms with van der Waals surface area (Å²) in [6, 6.07) is 0. The Labute approximate surface area is 114 Å². The molecule has 0 aromatic carbocycles. The molecule has 0 bridgehead atoms. The molecule has 1 rings (SSSR count). The minimum atomic E-state index is -0.376. The molecule has 0 aliphatic carbocycles. The maximum atomic E-state index is 11.2. The molecule has 0 saturated carbocycles. The van der Waals surface area contributed by atoms with Gasteiger partial charge in [-0.3, -0.25) is 0 Å². The van der Waals surface area contributed by atoms with Gasteiger partial charge in [-0.05, 0) is 6.42 Å². The van der Waals surface area contributed by atoms with E-state index in [9.17, 15) is 4.79 Å². The number of ether oxygens (including phenoxy) is 1. The van der Waals surface area contributed by atoms with Gasteiger partial charge in [0.25, 0.3) is 0 Å². The van der Waals surface area contributed by atoms with Crippen molar-refractivity contribution in [3.8, 4) is 0 Å². The van der Waals surface area contributed by atoms with Crippen molar-refractivity contribution < 1.29 is 13.9 Å². The normalized spacial score (nSPS) is 10.2. The van der Waals surface area contributed by atoms with Crippen molar-refractivity contribution in [3.63, 3.8) is 0 Å². The van der Waals surface area contributed by atoms with Crippen molar-refractivity contribution >= 4 is 28.7 Å². The molecule has 0 atom stereocenters. The lowest BCUT2D eigenvalue weighted by Crippen LogP contribution is -2.26. The molecule has 96 valence electrons. The van der Waals surface area contributed by atoms with E-state index in [0.717, 1.165) is 23.0 Å². The number of aromatic nitrogens is 1. The zero-order chi connectivity index (χ0) is 12.5. The number of amides is 1. The van der Waals surface area contributed by atoms with Gasteiger partial charge in [-0.1, -0.05) is 35.9 Å². The van der Waals surface area contributed by atoms with Crippen LogP contribution < -0.4 is 5.32 Å². The molecule has 6 heteroatoms. The number of alkyl carbamates (subject to hydrolysis) is 1. The van der Waals surface area contributed by atoms with Gasteiger partial charge in [0, 0.05) is 17.4 Å². The average Bonchev–Trinajstić information content (AvgIpc) is 2.77. The first-order chi connectivity index (χ1) is 8.26. The maximum absolute atomic E-state index is 11.2. The number of oxazole rings is 1. The molecule has 1 aromatic rings. The Balaban J connectivity index is 2.12. The van der Waals surface area contributed by atoms with Gasteiger partial charge in [-0.15, -0.1) is 0 Å². The van der Waals surface area contributed by atoms with Crippen LogP contribution in [0.3, 0.4) is 0 Å². The van der Waals surface area contributed by atoms with E-state index < -0.39 is 0 Å². The van der Waals surface area contributed by atoms with E-state index in [1.165, 1.54) is 0 Å². The van der Waals surface area contributed by atoms with Crippen LogP contribution in [0.5, 0.6) is 0 Å². The van der Waals surface area contributed by atoms with Gasteiger partial charge in [-0.2, -0.15) is 0 Å². The van der Waals surface area contributed by atoms with Crippen LogP contribution in [-0.2, 0) is 15.6 Å². The SMILES string of the molecule is CCCCOC(=O)NCCc1nc(CI)co1. The van der Waals surface area contributed by atoms with Crippen LogP contribution in [0.4, 0.5) is 4.79 Å². The van der Waals surface area contributed by atoms with Crippen molar-refractivity contribution in [2.75, 3.05) is 13.2 Å². The van der Waals surface area contributed by atoms with E-state index >= 15 is 0 Å². The van der Waals surface area contributed by atoms with Crippen molar-refractivity contribution in [3.05, 3.63) is 17.8 Å². The number of carbonyl (C=O) groups is 1. The Morgan fingerprint density at radius 3 is 3.12 bits per heavy atom. The number of halogens is 1. The zero-order valence-corrected chi connectivity index (χ0v) is 12.0. The third kappa shape index (κ3) is 5.90. The lowest BCUT2D eigenvalue weighted by molar-refractivity contribution is 0.144. The maximum Gasteiger partial charge on any atom is 0.407 e. The van der Waals surface area contributed by atoms with Crippen LogP contribution in [0.15, 0.2) is 10.7 Å². The Kier molecular flexibility index (Phi) is 6.99. The van der Waals surface area contributed by atoms with Gasteiger partial charge in [0.1, 0.15) is 6.26 Å². The molecule has 0 radical (unpaired) electrons. The summed E-state index contributed by atoms with van der Waals surface area (Å²) in [6.45, 7) is 3.00. The Morgan fingerprint density at radius 2 is 2.47 bits per heavy atom. The molecule has 1 amide bonds. The molecule has 0 unspecified atom stereocenters.